The molecule has 1 aromatic carbocycles. The van der Waals surface area contributed by atoms with Crippen LogP contribution in [0.3, 0.4) is 0 Å². The monoisotopic (exact) mass is 357 g/mol. The molecule has 7 nitrogen and oxygen atoms in total. The highest BCUT2D eigenvalue weighted by Gasteiger charge is 2.26. The number of carbonyl (C=O) groups excluding carboxylic acids is 2. The Morgan fingerprint density at radius 2 is 1.96 bits per heavy atom. The Morgan fingerprint density at radius 1 is 1.32 bits per heavy atom. The number of hydrogen-bond donors (Lipinski definition) is 1. The summed E-state index contributed by atoms with van der Waals surface area (Å²) in [5.41, 5.74) is -1.35. The summed E-state index contributed by atoms with van der Waals surface area (Å²) in [5, 5.41) is 8.75. The minimum atomic E-state index is -1.49. The maximum absolute atomic E-state index is 13.9. The van der Waals surface area contributed by atoms with Gasteiger partial charge in [-0.05, 0) is 18.6 Å². The first-order chi connectivity index (χ1) is 11.8. The Bertz CT molecular complexity index is 670. The van der Waals surface area contributed by atoms with Crippen molar-refractivity contribution in [3.63, 3.8) is 0 Å². The van der Waals surface area contributed by atoms with E-state index >= 15 is 0 Å². The summed E-state index contributed by atoms with van der Waals surface area (Å²) in [6.07, 6.45) is -1.02. The second-order valence-corrected chi connectivity index (χ2v) is 5.49. The molecular formula is C16H17F2NO6. The first-order valence-electron chi connectivity index (χ1n) is 7.53. The van der Waals surface area contributed by atoms with Crippen LogP contribution in [0.4, 0.5) is 13.6 Å². The number of methoxy groups -OCH3 is 1. The largest absolute Gasteiger partial charge is 0.478 e. The topological polar surface area (TPSA) is 93.1 Å². The molecule has 0 spiro atoms. The molecular weight excluding hydrogens is 340 g/mol. The quantitative estimate of drug-likeness (QED) is 0.811. The summed E-state index contributed by atoms with van der Waals surface area (Å²) in [6, 6.07) is 1.21. The molecule has 1 aliphatic rings. The van der Waals surface area contributed by atoms with Crippen molar-refractivity contribution in [2.24, 2.45) is 0 Å². The molecule has 1 saturated heterocycles. The highest BCUT2D eigenvalue weighted by Crippen LogP contribution is 2.20. The van der Waals surface area contributed by atoms with E-state index in [0.29, 0.717) is 18.7 Å². The van der Waals surface area contributed by atoms with E-state index in [9.17, 15) is 23.2 Å². The molecule has 25 heavy (non-hydrogen) atoms. The van der Waals surface area contributed by atoms with Crippen LogP contribution >= 0.6 is 0 Å². The van der Waals surface area contributed by atoms with E-state index in [1.54, 1.807) is 0 Å². The molecule has 9 heteroatoms. The van der Waals surface area contributed by atoms with Crippen molar-refractivity contribution < 1.29 is 37.7 Å². The number of benzene rings is 1. The molecule has 2 rings (SSSR count). The van der Waals surface area contributed by atoms with Gasteiger partial charge < -0.3 is 19.5 Å². The highest BCUT2D eigenvalue weighted by atomic mass is 19.1. The van der Waals surface area contributed by atoms with Crippen LogP contribution in [-0.4, -0.2) is 60.8 Å². The molecule has 0 aromatic heterocycles. The number of ether oxygens (including phenoxy) is 2. The number of hydrogen-bond acceptors (Lipinski definition) is 5. The molecule has 1 fully saturated rings. The van der Waals surface area contributed by atoms with Crippen molar-refractivity contribution in [1.29, 1.82) is 0 Å². The van der Waals surface area contributed by atoms with Gasteiger partial charge in [-0.2, -0.15) is 0 Å². The maximum atomic E-state index is 13.9. The zero-order chi connectivity index (χ0) is 18.6. The predicted octanol–water partition coefficient (Wildman–Crippen LogP) is 2.09. The minimum Gasteiger partial charge on any atom is -0.478 e. The maximum Gasteiger partial charge on any atom is 0.409 e. The van der Waals surface area contributed by atoms with Gasteiger partial charge in [0.05, 0.1) is 37.5 Å². The average Bonchev–Trinajstić information content (AvgIpc) is 2.58. The number of amides is 1. The number of nitrogens with zero attached hydrogens (tertiary/aromatic N) is 1. The van der Waals surface area contributed by atoms with Gasteiger partial charge in [0.1, 0.15) is 11.6 Å². The Morgan fingerprint density at radius 3 is 2.52 bits per heavy atom. The van der Waals surface area contributed by atoms with Crippen molar-refractivity contribution >= 4 is 17.8 Å². The number of aromatic carboxylic acids is 1. The van der Waals surface area contributed by atoms with Crippen LogP contribution in [0.2, 0.25) is 0 Å². The highest BCUT2D eigenvalue weighted by molar-refractivity contribution is 5.98. The van der Waals surface area contributed by atoms with Crippen LogP contribution in [0.1, 0.15) is 33.6 Å². The second kappa shape index (κ2) is 8.02. The third-order valence-corrected chi connectivity index (χ3v) is 3.83. The number of Topliss-reactive ketones (excluding diaryl/α,β-unsaturated/α-hetero) is 1. The molecule has 1 unspecified atom stereocenters. The first kappa shape index (κ1) is 18.8. The second-order valence-electron chi connectivity index (χ2n) is 5.49. The normalized spacial score (nSPS) is 17.2. The van der Waals surface area contributed by atoms with Gasteiger partial charge in [0.25, 0.3) is 0 Å². The predicted molar refractivity (Wildman–Crippen MR) is 80.6 cm³/mol. The van der Waals surface area contributed by atoms with E-state index in [2.05, 4.69) is 4.74 Å². The molecule has 0 bridgehead atoms. The van der Waals surface area contributed by atoms with E-state index in [4.69, 9.17) is 9.84 Å². The summed E-state index contributed by atoms with van der Waals surface area (Å²) in [5.74, 6) is -4.73. The summed E-state index contributed by atoms with van der Waals surface area (Å²) in [6.45, 7) is 0.837. The third kappa shape index (κ3) is 4.50. The minimum absolute atomic E-state index is 0.159. The lowest BCUT2D eigenvalue weighted by Gasteiger charge is -2.31. The number of carboxylic acid groups (broad SMARTS) is 1. The Kier molecular flexibility index (Phi) is 6.02. The molecule has 1 amide bonds. The summed E-state index contributed by atoms with van der Waals surface area (Å²) >= 11 is 0. The smallest absolute Gasteiger partial charge is 0.409 e. The van der Waals surface area contributed by atoms with Crippen molar-refractivity contribution in [2.75, 3.05) is 26.8 Å². The summed E-state index contributed by atoms with van der Waals surface area (Å²) in [7, 11) is 1.25. The fraction of sp³-hybridized carbons (Fsp3) is 0.438. The van der Waals surface area contributed by atoms with Gasteiger partial charge in [-0.25, -0.2) is 18.4 Å². The van der Waals surface area contributed by atoms with E-state index in [0.717, 1.165) is 0 Å². The van der Waals surface area contributed by atoms with Gasteiger partial charge in [0.2, 0.25) is 0 Å². The lowest BCUT2D eigenvalue weighted by atomic mass is 10.0. The van der Waals surface area contributed by atoms with Crippen LogP contribution < -0.4 is 0 Å². The van der Waals surface area contributed by atoms with Crippen LogP contribution in [0.5, 0.6) is 0 Å². The van der Waals surface area contributed by atoms with E-state index in [1.807, 2.05) is 0 Å². The molecule has 136 valence electrons. The number of morpholine rings is 1. The molecule has 0 radical (unpaired) electrons. The Labute approximate surface area is 142 Å². The van der Waals surface area contributed by atoms with Crippen molar-refractivity contribution in [3.05, 3.63) is 34.9 Å². The summed E-state index contributed by atoms with van der Waals surface area (Å²) in [4.78, 5) is 35.7. The first-order valence-corrected chi connectivity index (χ1v) is 7.53. The summed E-state index contributed by atoms with van der Waals surface area (Å²) < 4.78 is 37.8. The lowest BCUT2D eigenvalue weighted by molar-refractivity contribution is -0.0278. The van der Waals surface area contributed by atoms with Crippen LogP contribution in [-0.2, 0) is 9.47 Å². The van der Waals surface area contributed by atoms with Crippen LogP contribution in [0.25, 0.3) is 0 Å². The average molecular weight is 357 g/mol. The fourth-order valence-electron chi connectivity index (χ4n) is 2.57. The molecule has 1 atom stereocenters. The van der Waals surface area contributed by atoms with Gasteiger partial charge in [0.15, 0.2) is 5.78 Å². The molecule has 1 aromatic rings. The third-order valence-electron chi connectivity index (χ3n) is 3.83. The lowest BCUT2D eigenvalue weighted by Crippen LogP contribution is -2.45. The van der Waals surface area contributed by atoms with Crippen molar-refractivity contribution in [3.8, 4) is 0 Å². The molecule has 0 saturated carbocycles. The van der Waals surface area contributed by atoms with Gasteiger partial charge in [-0.3, -0.25) is 4.79 Å². The van der Waals surface area contributed by atoms with E-state index in [-0.39, 0.29) is 26.0 Å². The van der Waals surface area contributed by atoms with Gasteiger partial charge in [-0.1, -0.05) is 0 Å². The molecule has 1 aliphatic heterocycles. The van der Waals surface area contributed by atoms with Gasteiger partial charge >= 0.3 is 12.1 Å². The number of carbonyl (C=O) groups is 3. The zero-order valence-electron chi connectivity index (χ0n) is 13.5. The SMILES string of the molecule is COC(=O)N1CCOC(CCC(=O)c2c(F)cc(C(=O)O)cc2F)C1. The van der Waals surface area contributed by atoms with Crippen LogP contribution in [0.15, 0.2) is 12.1 Å². The van der Waals surface area contributed by atoms with E-state index in [1.165, 1.54) is 12.0 Å². The molecule has 0 aliphatic carbocycles. The number of ketones is 1. The van der Waals surface area contributed by atoms with Gasteiger partial charge in [-0.15, -0.1) is 0 Å². The number of rotatable bonds is 5. The number of halogens is 2. The Hall–Kier alpha value is -2.55. The van der Waals surface area contributed by atoms with Gasteiger partial charge in [0, 0.05) is 13.0 Å². The van der Waals surface area contributed by atoms with Crippen molar-refractivity contribution in [1.82, 2.24) is 4.90 Å². The van der Waals surface area contributed by atoms with Crippen LogP contribution in [0, 0.1) is 11.6 Å². The van der Waals surface area contributed by atoms with Crippen molar-refractivity contribution in [2.45, 2.75) is 18.9 Å². The standard InChI is InChI=1S/C16H17F2NO6/c1-24-16(23)19-4-5-25-10(8-19)2-3-13(20)14-11(17)6-9(15(21)22)7-12(14)18/h6-7,10H,2-5,8H2,1H3,(H,21,22). The fourth-order valence-corrected chi connectivity index (χ4v) is 2.57. The Balaban J connectivity index is 2.01. The number of carboxylic acids is 1. The zero-order valence-corrected chi connectivity index (χ0v) is 13.5. The molecule has 1 N–H and O–H groups in total. The molecule has 1 heterocycles. The van der Waals surface area contributed by atoms with E-state index < -0.39 is 46.7 Å².